The first kappa shape index (κ1) is 25.4. The van der Waals surface area contributed by atoms with Gasteiger partial charge in [-0.3, -0.25) is 4.79 Å². The molecule has 1 aromatic carbocycles. The maximum absolute atomic E-state index is 12.4. The summed E-state index contributed by atoms with van der Waals surface area (Å²) in [6.07, 6.45) is 1.62. The summed E-state index contributed by atoms with van der Waals surface area (Å²) in [5.41, 5.74) is 6.94. The van der Waals surface area contributed by atoms with Crippen molar-refractivity contribution in [3.05, 3.63) is 48.4 Å². The van der Waals surface area contributed by atoms with Gasteiger partial charge in [0.15, 0.2) is 5.82 Å². The van der Waals surface area contributed by atoms with E-state index in [2.05, 4.69) is 15.1 Å². The fraction of sp³-hybridized carbons (Fsp3) is 0.300. The summed E-state index contributed by atoms with van der Waals surface area (Å²) >= 11 is 0. The highest BCUT2D eigenvalue weighted by molar-refractivity contribution is 5.94. The lowest BCUT2D eigenvalue weighted by atomic mass is 10.1. The van der Waals surface area contributed by atoms with Gasteiger partial charge in [0.1, 0.15) is 12.4 Å². The number of methoxy groups -OCH3 is 1. The van der Waals surface area contributed by atoms with Gasteiger partial charge in [-0.05, 0) is 30.3 Å². The Bertz CT molecular complexity index is 944. The zero-order chi connectivity index (χ0) is 20.1. The number of Topliss-reactive ketones (excluding diaryl/α,β-unsaturated/α-hetero) is 1. The second-order valence-corrected chi connectivity index (χ2v) is 6.41. The summed E-state index contributed by atoms with van der Waals surface area (Å²) in [5.74, 6) is 1.59. The smallest absolute Gasteiger partial charge is 0.218 e. The predicted molar refractivity (Wildman–Crippen MR) is 119 cm³/mol. The van der Waals surface area contributed by atoms with Crippen molar-refractivity contribution in [2.24, 2.45) is 11.7 Å². The Hall–Kier alpha value is -2.68. The van der Waals surface area contributed by atoms with Crippen LogP contribution in [-0.4, -0.2) is 45.8 Å². The van der Waals surface area contributed by atoms with E-state index in [1.165, 1.54) is 0 Å². The fourth-order valence-electron chi connectivity index (χ4n) is 2.54. The molecular formula is C20H25Cl2N5O3. The molecule has 0 fully saturated rings. The molecule has 0 spiro atoms. The van der Waals surface area contributed by atoms with E-state index in [1.54, 1.807) is 24.1 Å². The van der Waals surface area contributed by atoms with Crippen molar-refractivity contribution in [2.45, 2.75) is 13.8 Å². The monoisotopic (exact) mass is 453 g/mol. The molecule has 2 N–H and O–H groups in total. The molecule has 10 heteroatoms. The normalized spacial score (nSPS) is 10.2. The number of carbonyl (C=O) groups excluding carboxylic acids is 1. The second kappa shape index (κ2) is 11.5. The van der Waals surface area contributed by atoms with Crippen LogP contribution in [0.25, 0.3) is 17.1 Å². The molecule has 0 unspecified atom stereocenters. The SMILES string of the molecule is COc1ccc(-n2nc(C(=O)C(C)C)nc2-c2ccc(OCCN)cc2)cn1.Cl.Cl. The molecule has 2 heterocycles. The number of benzene rings is 1. The highest BCUT2D eigenvalue weighted by Crippen LogP contribution is 2.25. The maximum atomic E-state index is 12.4. The van der Waals surface area contributed by atoms with Crippen LogP contribution in [0.4, 0.5) is 0 Å². The average Bonchev–Trinajstić information content (AvgIpc) is 3.17. The van der Waals surface area contributed by atoms with Gasteiger partial charge >= 0.3 is 0 Å². The van der Waals surface area contributed by atoms with Gasteiger partial charge in [-0.2, -0.15) is 0 Å². The minimum atomic E-state index is -0.204. The molecule has 0 aliphatic heterocycles. The fourth-order valence-corrected chi connectivity index (χ4v) is 2.54. The Morgan fingerprint density at radius 3 is 2.37 bits per heavy atom. The zero-order valence-electron chi connectivity index (χ0n) is 16.9. The second-order valence-electron chi connectivity index (χ2n) is 6.41. The van der Waals surface area contributed by atoms with Crippen molar-refractivity contribution in [1.29, 1.82) is 0 Å². The van der Waals surface area contributed by atoms with E-state index in [-0.39, 0.29) is 42.3 Å². The van der Waals surface area contributed by atoms with Crippen LogP contribution in [0.15, 0.2) is 42.6 Å². The molecule has 2 aromatic heterocycles. The van der Waals surface area contributed by atoms with Crippen molar-refractivity contribution >= 4 is 30.6 Å². The van der Waals surface area contributed by atoms with Gasteiger partial charge in [0.05, 0.1) is 19.0 Å². The van der Waals surface area contributed by atoms with E-state index in [0.717, 1.165) is 5.56 Å². The number of nitrogens with zero attached hydrogens (tertiary/aromatic N) is 4. The summed E-state index contributed by atoms with van der Waals surface area (Å²) in [6.45, 7) is 4.53. The standard InChI is InChI=1S/C20H23N5O3.2ClH/c1-13(2)18(26)19-23-20(14-4-7-16(8-5-14)28-11-10-21)25(24-19)15-6-9-17(27-3)22-12-15;;/h4-9,12-13H,10-11,21H2,1-3H3;2*1H. The van der Waals surface area contributed by atoms with Crippen LogP contribution < -0.4 is 15.2 Å². The minimum absolute atomic E-state index is 0. The Balaban J connectivity index is 0.00000225. The number of rotatable bonds is 8. The Morgan fingerprint density at radius 1 is 1.13 bits per heavy atom. The van der Waals surface area contributed by atoms with Gasteiger partial charge in [0, 0.05) is 24.1 Å². The van der Waals surface area contributed by atoms with E-state index in [1.807, 2.05) is 44.2 Å². The van der Waals surface area contributed by atoms with E-state index < -0.39 is 0 Å². The highest BCUT2D eigenvalue weighted by Gasteiger charge is 2.21. The molecule has 0 aliphatic carbocycles. The van der Waals surface area contributed by atoms with Crippen LogP contribution in [-0.2, 0) is 0 Å². The number of nitrogens with two attached hydrogens (primary N) is 1. The summed E-state index contributed by atoms with van der Waals surface area (Å²) < 4.78 is 12.2. The summed E-state index contributed by atoms with van der Waals surface area (Å²) in [7, 11) is 1.55. The minimum Gasteiger partial charge on any atom is -0.492 e. The molecule has 30 heavy (non-hydrogen) atoms. The predicted octanol–water partition coefficient (Wildman–Crippen LogP) is 3.36. The summed E-state index contributed by atoms with van der Waals surface area (Å²) in [5, 5.41) is 4.43. The number of ether oxygens (including phenoxy) is 2. The van der Waals surface area contributed by atoms with Crippen molar-refractivity contribution in [3.8, 4) is 28.7 Å². The number of pyridine rings is 1. The number of carbonyl (C=O) groups is 1. The highest BCUT2D eigenvalue weighted by atomic mass is 35.5. The Morgan fingerprint density at radius 2 is 1.83 bits per heavy atom. The van der Waals surface area contributed by atoms with E-state index in [9.17, 15) is 4.79 Å². The maximum Gasteiger partial charge on any atom is 0.218 e. The third kappa shape index (κ3) is 5.69. The molecule has 162 valence electrons. The van der Waals surface area contributed by atoms with Crippen molar-refractivity contribution in [3.63, 3.8) is 0 Å². The van der Waals surface area contributed by atoms with Crippen LogP contribution in [0.3, 0.4) is 0 Å². The Labute approximate surface area is 187 Å². The van der Waals surface area contributed by atoms with Crippen LogP contribution in [0.1, 0.15) is 24.5 Å². The molecule has 0 atom stereocenters. The van der Waals surface area contributed by atoms with E-state index >= 15 is 0 Å². The number of hydrogen-bond donors (Lipinski definition) is 1. The van der Waals surface area contributed by atoms with E-state index in [4.69, 9.17) is 15.2 Å². The van der Waals surface area contributed by atoms with Gasteiger partial charge in [-0.25, -0.2) is 14.6 Å². The third-order valence-corrected chi connectivity index (χ3v) is 4.03. The van der Waals surface area contributed by atoms with Crippen molar-refractivity contribution in [1.82, 2.24) is 19.7 Å². The molecule has 0 bridgehead atoms. The molecule has 0 saturated heterocycles. The molecule has 0 amide bonds. The van der Waals surface area contributed by atoms with Gasteiger partial charge in [0.25, 0.3) is 0 Å². The number of aromatic nitrogens is 4. The van der Waals surface area contributed by atoms with Crippen LogP contribution in [0.5, 0.6) is 11.6 Å². The topological polar surface area (TPSA) is 105 Å². The molecular weight excluding hydrogens is 429 g/mol. The molecule has 3 aromatic rings. The number of halogens is 2. The first-order valence-electron chi connectivity index (χ1n) is 8.98. The van der Waals surface area contributed by atoms with E-state index in [0.29, 0.717) is 36.3 Å². The quantitative estimate of drug-likeness (QED) is 0.521. The van der Waals surface area contributed by atoms with Crippen LogP contribution in [0.2, 0.25) is 0 Å². The largest absolute Gasteiger partial charge is 0.492 e. The van der Waals surface area contributed by atoms with Gasteiger partial charge in [-0.15, -0.1) is 29.9 Å². The van der Waals surface area contributed by atoms with Crippen LogP contribution >= 0.6 is 24.8 Å². The zero-order valence-corrected chi connectivity index (χ0v) is 18.6. The molecule has 0 radical (unpaired) electrons. The number of hydrogen-bond acceptors (Lipinski definition) is 7. The lowest BCUT2D eigenvalue weighted by Crippen LogP contribution is -2.10. The molecule has 8 nitrogen and oxygen atoms in total. The molecule has 3 rings (SSSR count). The van der Waals surface area contributed by atoms with Crippen molar-refractivity contribution < 1.29 is 14.3 Å². The summed E-state index contributed by atoms with van der Waals surface area (Å²) in [4.78, 5) is 21.2. The van der Waals surface area contributed by atoms with Crippen LogP contribution in [0, 0.1) is 5.92 Å². The summed E-state index contributed by atoms with van der Waals surface area (Å²) in [6, 6.07) is 10.9. The first-order chi connectivity index (χ1) is 13.5. The van der Waals surface area contributed by atoms with Gasteiger partial charge in [-0.1, -0.05) is 13.8 Å². The average molecular weight is 454 g/mol. The Kier molecular flexibility index (Phi) is 9.71. The first-order valence-corrected chi connectivity index (χ1v) is 8.98. The molecule has 0 saturated carbocycles. The lowest BCUT2D eigenvalue weighted by Gasteiger charge is -2.08. The lowest BCUT2D eigenvalue weighted by molar-refractivity contribution is 0.0929. The molecule has 0 aliphatic rings. The third-order valence-electron chi connectivity index (χ3n) is 4.03. The van der Waals surface area contributed by atoms with Gasteiger partial charge in [0.2, 0.25) is 17.5 Å². The van der Waals surface area contributed by atoms with Gasteiger partial charge < -0.3 is 15.2 Å². The van der Waals surface area contributed by atoms with Crippen molar-refractivity contribution in [2.75, 3.05) is 20.3 Å². The number of ketones is 1.